The number of rotatable bonds is 18. The molecule has 0 spiro atoms. The number of carbonyl (C=O) groups excluding carboxylic acids is 2. The van der Waals surface area contributed by atoms with Crippen molar-refractivity contribution in [1.82, 2.24) is 0 Å². The first-order chi connectivity index (χ1) is 18.4. The van der Waals surface area contributed by atoms with Crippen molar-refractivity contribution < 1.29 is 41.3 Å². The van der Waals surface area contributed by atoms with Gasteiger partial charge in [0, 0.05) is 6.04 Å². The molecule has 0 aromatic heterocycles. The second kappa shape index (κ2) is 14.1. The van der Waals surface area contributed by atoms with Gasteiger partial charge < -0.3 is 26.9 Å². The van der Waals surface area contributed by atoms with Crippen molar-refractivity contribution >= 4 is 51.7 Å². The van der Waals surface area contributed by atoms with Gasteiger partial charge in [-0.1, -0.05) is 6.92 Å². The molecule has 0 radical (unpaired) electrons. The van der Waals surface area contributed by atoms with E-state index in [-0.39, 0.29) is 12.8 Å². The summed E-state index contributed by atoms with van der Waals surface area (Å²) in [4.78, 5) is 38.8. The van der Waals surface area contributed by atoms with Crippen LogP contribution in [0.1, 0.15) is 74.1 Å². The Balaban J connectivity index is 6.19. The SMILES string of the molecule is CCC(C)(CC(C)(CC(C)(C)C(=O)OC(C)(C)CC[Si](O[Si](C)(C)C)(O[Si](C)(C)C)O[Si](C)(C)C)C(=O)OC)C(=O)O. The van der Waals surface area contributed by atoms with Gasteiger partial charge in [-0.2, -0.15) is 0 Å². The summed E-state index contributed by atoms with van der Waals surface area (Å²) in [6, 6.07) is 0.514. The van der Waals surface area contributed by atoms with Gasteiger partial charge in [0.15, 0.2) is 25.0 Å². The van der Waals surface area contributed by atoms with Crippen molar-refractivity contribution in [2.75, 3.05) is 7.11 Å². The van der Waals surface area contributed by atoms with E-state index in [1.165, 1.54) is 7.11 Å². The third kappa shape index (κ3) is 13.9. The van der Waals surface area contributed by atoms with E-state index in [4.69, 9.17) is 21.8 Å². The Labute approximate surface area is 260 Å². The van der Waals surface area contributed by atoms with E-state index in [9.17, 15) is 19.5 Å². The molecule has 9 nitrogen and oxygen atoms in total. The Kier molecular flexibility index (Phi) is 13.8. The van der Waals surface area contributed by atoms with Crippen molar-refractivity contribution in [3.8, 4) is 0 Å². The predicted molar refractivity (Wildman–Crippen MR) is 178 cm³/mol. The number of hydrogen-bond acceptors (Lipinski definition) is 8. The maximum Gasteiger partial charge on any atom is 0.469 e. The van der Waals surface area contributed by atoms with Gasteiger partial charge in [-0.05, 0) is 126 Å². The van der Waals surface area contributed by atoms with Crippen LogP contribution in [0.15, 0.2) is 0 Å². The van der Waals surface area contributed by atoms with Gasteiger partial charge in [0.1, 0.15) is 5.60 Å². The fourth-order valence-corrected chi connectivity index (χ4v) is 20.2. The summed E-state index contributed by atoms with van der Waals surface area (Å²) in [7, 11) is -8.03. The van der Waals surface area contributed by atoms with Gasteiger partial charge in [-0.3, -0.25) is 14.4 Å². The molecule has 0 rings (SSSR count). The molecule has 0 aliphatic heterocycles. The van der Waals surface area contributed by atoms with Gasteiger partial charge in [0.2, 0.25) is 0 Å². The lowest BCUT2D eigenvalue weighted by Gasteiger charge is -2.44. The van der Waals surface area contributed by atoms with Crippen LogP contribution in [0.2, 0.25) is 65.0 Å². The predicted octanol–water partition coefficient (Wildman–Crippen LogP) is 7.68. The first kappa shape index (κ1) is 41.2. The molecule has 0 fully saturated rings. The molecular weight excluding hydrogens is 605 g/mol. The molecule has 0 heterocycles. The molecular formula is C29H62O9Si4. The highest BCUT2D eigenvalue weighted by Gasteiger charge is 2.52. The summed E-state index contributed by atoms with van der Waals surface area (Å²) in [5.41, 5.74) is -4.34. The van der Waals surface area contributed by atoms with E-state index in [0.717, 1.165) is 0 Å². The highest BCUT2D eigenvalue weighted by atomic mass is 28.5. The van der Waals surface area contributed by atoms with Gasteiger partial charge in [-0.15, -0.1) is 0 Å². The molecule has 1 N–H and O–H groups in total. The number of carboxylic acids is 1. The number of ether oxygens (including phenoxy) is 2. The largest absolute Gasteiger partial charge is 0.481 e. The fourth-order valence-electron chi connectivity index (χ4n) is 5.22. The van der Waals surface area contributed by atoms with Crippen LogP contribution in [0.25, 0.3) is 0 Å². The average Bonchev–Trinajstić information content (AvgIpc) is 2.72. The lowest BCUT2D eigenvalue weighted by atomic mass is 9.65. The summed E-state index contributed by atoms with van der Waals surface area (Å²) < 4.78 is 31.6. The van der Waals surface area contributed by atoms with E-state index in [1.807, 2.05) is 13.8 Å². The quantitative estimate of drug-likeness (QED) is 0.116. The Bertz CT molecular complexity index is 907. The Hall–Kier alpha value is -0.842. The van der Waals surface area contributed by atoms with E-state index in [0.29, 0.717) is 18.9 Å². The van der Waals surface area contributed by atoms with Crippen LogP contribution in [0.3, 0.4) is 0 Å². The van der Waals surface area contributed by atoms with Crippen molar-refractivity contribution in [3.63, 3.8) is 0 Å². The molecule has 248 valence electrons. The molecule has 0 amide bonds. The zero-order chi connectivity index (χ0) is 33.8. The van der Waals surface area contributed by atoms with Crippen LogP contribution in [0.4, 0.5) is 0 Å². The summed E-state index contributed by atoms with van der Waals surface area (Å²) in [6.07, 6.45) is 0.904. The second-order valence-electron chi connectivity index (χ2n) is 16.5. The molecule has 0 aromatic carbocycles. The summed E-state index contributed by atoms with van der Waals surface area (Å²) in [5, 5.41) is 9.88. The number of carboxylic acid groups (broad SMARTS) is 1. The van der Waals surface area contributed by atoms with Crippen LogP contribution >= 0.6 is 0 Å². The summed E-state index contributed by atoms with van der Waals surface area (Å²) in [6.45, 7) is 31.5. The van der Waals surface area contributed by atoms with Crippen molar-refractivity contribution in [2.45, 2.75) is 145 Å². The normalized spacial score (nSPS) is 16.8. The highest BCUT2D eigenvalue weighted by Crippen LogP contribution is 2.46. The lowest BCUT2D eigenvalue weighted by molar-refractivity contribution is -0.173. The first-order valence-electron chi connectivity index (χ1n) is 15.0. The third-order valence-corrected chi connectivity index (χ3v) is 18.9. The molecule has 0 saturated carbocycles. The number of hydrogen-bond donors (Lipinski definition) is 1. The molecule has 0 aromatic rings. The molecule has 0 aliphatic carbocycles. The molecule has 13 heteroatoms. The first-order valence-corrected chi connectivity index (χ1v) is 27.2. The maximum atomic E-state index is 13.7. The number of aliphatic carboxylic acids is 1. The third-order valence-electron chi connectivity index (χ3n) is 6.93. The summed E-state index contributed by atoms with van der Waals surface area (Å²) in [5.74, 6) is -2.00. The van der Waals surface area contributed by atoms with E-state index in [1.54, 1.807) is 34.6 Å². The minimum Gasteiger partial charge on any atom is -0.481 e. The lowest BCUT2D eigenvalue weighted by Crippen LogP contribution is -2.60. The monoisotopic (exact) mass is 666 g/mol. The standard InChI is InChI=1S/C29H62O9Si4/c1-18-28(6,23(30)31)22-29(7,25(33)34-8)21-26(2,3)24(32)35-27(4,5)19-20-42(36-39(9,10)11,37-40(12,13)14)38-41(15,16)17/h18-22H2,1-17H3,(H,30,31). The smallest absolute Gasteiger partial charge is 0.469 e. The summed E-state index contributed by atoms with van der Waals surface area (Å²) >= 11 is 0. The fraction of sp³-hybridized carbons (Fsp3) is 0.897. The zero-order valence-electron chi connectivity index (χ0n) is 29.7. The van der Waals surface area contributed by atoms with Crippen molar-refractivity contribution in [1.29, 1.82) is 0 Å². The zero-order valence-corrected chi connectivity index (χ0v) is 33.7. The molecule has 2 atom stereocenters. The van der Waals surface area contributed by atoms with Gasteiger partial charge >= 0.3 is 26.7 Å². The van der Waals surface area contributed by atoms with Crippen LogP contribution in [-0.2, 0) is 36.2 Å². The minimum absolute atomic E-state index is 0.0306. The van der Waals surface area contributed by atoms with E-state index < -0.39 is 73.5 Å². The van der Waals surface area contributed by atoms with Crippen molar-refractivity contribution in [3.05, 3.63) is 0 Å². The van der Waals surface area contributed by atoms with Crippen molar-refractivity contribution in [2.24, 2.45) is 16.2 Å². The van der Waals surface area contributed by atoms with Gasteiger partial charge in [0.05, 0.1) is 23.4 Å². The minimum atomic E-state index is -3.13. The molecule has 2 unspecified atom stereocenters. The van der Waals surface area contributed by atoms with E-state index in [2.05, 4.69) is 58.9 Å². The van der Waals surface area contributed by atoms with Gasteiger partial charge in [-0.25, -0.2) is 0 Å². The molecule has 0 aliphatic rings. The molecule has 0 saturated heterocycles. The van der Waals surface area contributed by atoms with E-state index >= 15 is 0 Å². The van der Waals surface area contributed by atoms with Crippen LogP contribution in [0.5, 0.6) is 0 Å². The second-order valence-corrected chi connectivity index (χ2v) is 33.5. The number of carbonyl (C=O) groups is 3. The number of methoxy groups -OCH3 is 1. The van der Waals surface area contributed by atoms with Gasteiger partial charge in [0.25, 0.3) is 0 Å². The Morgan fingerprint density at radius 1 is 0.667 bits per heavy atom. The topological polar surface area (TPSA) is 118 Å². The Morgan fingerprint density at radius 3 is 1.38 bits per heavy atom. The molecule has 0 bridgehead atoms. The van der Waals surface area contributed by atoms with Crippen LogP contribution in [0, 0.1) is 16.2 Å². The van der Waals surface area contributed by atoms with Crippen LogP contribution in [-0.4, -0.2) is 69.5 Å². The van der Waals surface area contributed by atoms with Crippen LogP contribution < -0.4 is 0 Å². The molecule has 42 heavy (non-hydrogen) atoms. The highest BCUT2D eigenvalue weighted by molar-refractivity contribution is 6.90. The Morgan fingerprint density at radius 2 is 1.07 bits per heavy atom. The number of esters is 2. The maximum absolute atomic E-state index is 13.7. The average molecular weight is 667 g/mol.